The van der Waals surface area contributed by atoms with E-state index in [9.17, 15) is 0 Å². The molecule has 4 heteroatoms. The first-order chi connectivity index (χ1) is 16.0. The Labute approximate surface area is 194 Å². The van der Waals surface area contributed by atoms with Crippen molar-refractivity contribution in [3.63, 3.8) is 0 Å². The predicted octanol–water partition coefficient (Wildman–Crippen LogP) is 7.50. The molecule has 5 aromatic rings. The lowest BCUT2D eigenvalue weighted by atomic mass is 9.87. The van der Waals surface area contributed by atoms with E-state index in [1.165, 1.54) is 16.7 Å². The zero-order valence-corrected chi connectivity index (χ0v) is 19.8. The smallest absolute Gasteiger partial charge is 0.147 e. The third-order valence-electron chi connectivity index (χ3n) is 6.33. The van der Waals surface area contributed by atoms with Crippen molar-refractivity contribution < 1.29 is 4.74 Å². The van der Waals surface area contributed by atoms with Gasteiger partial charge in [0.1, 0.15) is 17.2 Å². The number of ether oxygens (including phenoxy) is 1. The highest BCUT2D eigenvalue weighted by Crippen LogP contribution is 2.38. The number of hydrogen-bond donors (Lipinski definition) is 0. The molecule has 0 N–H and O–H groups in total. The molecule has 3 aromatic heterocycles. The second kappa shape index (κ2) is 8.36. The number of methoxy groups -OCH3 is 1. The molecule has 0 radical (unpaired) electrons. The van der Waals surface area contributed by atoms with Gasteiger partial charge in [0.25, 0.3) is 0 Å². The number of fused-ring (bicyclic) bond motifs is 3. The van der Waals surface area contributed by atoms with Gasteiger partial charge in [-0.2, -0.15) is 0 Å². The molecule has 0 aliphatic carbocycles. The largest absolute Gasteiger partial charge is 0.497 e. The number of pyridine rings is 2. The lowest BCUT2D eigenvalue weighted by Crippen LogP contribution is -2.02. The minimum absolute atomic E-state index is 0.405. The predicted molar refractivity (Wildman–Crippen MR) is 137 cm³/mol. The first-order valence-electron chi connectivity index (χ1n) is 11.5. The van der Waals surface area contributed by atoms with Crippen LogP contribution in [0.2, 0.25) is 0 Å². The maximum absolute atomic E-state index is 5.53. The monoisotopic (exact) mass is 435 g/mol. The third-order valence-corrected chi connectivity index (χ3v) is 6.33. The minimum atomic E-state index is 0.405. The van der Waals surface area contributed by atoms with Gasteiger partial charge in [0.15, 0.2) is 0 Å². The van der Waals surface area contributed by atoms with Crippen LogP contribution in [0.15, 0.2) is 72.9 Å². The third kappa shape index (κ3) is 3.56. The lowest BCUT2D eigenvalue weighted by Gasteiger charge is -2.19. The van der Waals surface area contributed by atoms with E-state index >= 15 is 0 Å². The maximum atomic E-state index is 5.53. The highest BCUT2D eigenvalue weighted by atomic mass is 16.5. The van der Waals surface area contributed by atoms with Crippen LogP contribution in [0.1, 0.15) is 50.7 Å². The van der Waals surface area contributed by atoms with Crippen molar-refractivity contribution in [1.82, 2.24) is 14.5 Å². The number of benzene rings is 2. The Kier molecular flexibility index (Phi) is 5.37. The van der Waals surface area contributed by atoms with Crippen LogP contribution in [0, 0.1) is 0 Å². The van der Waals surface area contributed by atoms with E-state index in [4.69, 9.17) is 9.72 Å². The van der Waals surface area contributed by atoms with Crippen molar-refractivity contribution in [2.24, 2.45) is 0 Å². The van der Waals surface area contributed by atoms with Gasteiger partial charge in [-0.3, -0.25) is 4.57 Å². The highest BCUT2D eigenvalue weighted by Gasteiger charge is 2.20. The zero-order chi connectivity index (χ0) is 23.1. The molecule has 0 atom stereocenters. The van der Waals surface area contributed by atoms with Crippen molar-refractivity contribution in [2.45, 2.75) is 39.5 Å². The highest BCUT2D eigenvalue weighted by molar-refractivity contribution is 6.08. The molecule has 3 heterocycles. The molecular formula is C29H29N3O. The standard InChI is InChI=1S/C29H29N3O/c1-18(2)21-9-8-10-22(19(3)4)28(21)25-15-14-24-23-13-12-20(33-5)17-26(23)32(29(24)31-25)27-11-6-7-16-30-27/h6-19H,1-5H3. The van der Waals surface area contributed by atoms with Crippen LogP contribution in [-0.4, -0.2) is 21.6 Å². The van der Waals surface area contributed by atoms with Crippen LogP contribution in [0.4, 0.5) is 0 Å². The van der Waals surface area contributed by atoms with Crippen LogP contribution in [0.25, 0.3) is 39.0 Å². The summed E-state index contributed by atoms with van der Waals surface area (Å²) in [6.45, 7) is 8.99. The van der Waals surface area contributed by atoms with Crippen molar-refractivity contribution in [2.75, 3.05) is 7.11 Å². The van der Waals surface area contributed by atoms with Crippen molar-refractivity contribution >= 4 is 21.9 Å². The number of nitrogens with zero attached hydrogens (tertiary/aromatic N) is 3. The maximum Gasteiger partial charge on any atom is 0.147 e. The molecule has 0 aliphatic heterocycles. The van der Waals surface area contributed by atoms with Crippen molar-refractivity contribution in [3.8, 4) is 22.8 Å². The summed E-state index contributed by atoms with van der Waals surface area (Å²) in [5, 5.41) is 2.24. The number of rotatable bonds is 5. The summed E-state index contributed by atoms with van der Waals surface area (Å²) in [5.74, 6) is 2.47. The number of aromatic nitrogens is 3. The van der Waals surface area contributed by atoms with Gasteiger partial charge in [-0.05, 0) is 59.4 Å². The Bertz CT molecular complexity index is 1420. The molecule has 4 nitrogen and oxygen atoms in total. The fourth-order valence-corrected chi connectivity index (χ4v) is 4.70. The molecule has 0 aliphatic rings. The van der Waals surface area contributed by atoms with Crippen LogP contribution < -0.4 is 4.74 Å². The summed E-state index contributed by atoms with van der Waals surface area (Å²) in [5.41, 5.74) is 6.85. The van der Waals surface area contributed by atoms with Crippen LogP contribution >= 0.6 is 0 Å². The normalized spacial score (nSPS) is 11.7. The molecule has 33 heavy (non-hydrogen) atoms. The second-order valence-corrected chi connectivity index (χ2v) is 9.09. The van der Waals surface area contributed by atoms with Crippen molar-refractivity contribution in [1.29, 1.82) is 0 Å². The minimum Gasteiger partial charge on any atom is -0.497 e. The molecule has 0 unspecified atom stereocenters. The molecule has 166 valence electrons. The van der Waals surface area contributed by atoms with Crippen LogP contribution in [0.3, 0.4) is 0 Å². The summed E-state index contributed by atoms with van der Waals surface area (Å²) >= 11 is 0. The Morgan fingerprint density at radius 2 is 1.52 bits per heavy atom. The van der Waals surface area contributed by atoms with Crippen LogP contribution in [0.5, 0.6) is 5.75 Å². The van der Waals surface area contributed by atoms with Gasteiger partial charge < -0.3 is 4.74 Å². The van der Waals surface area contributed by atoms with Gasteiger partial charge in [0, 0.05) is 28.6 Å². The fraction of sp³-hybridized carbons (Fsp3) is 0.241. The summed E-state index contributed by atoms with van der Waals surface area (Å²) in [6.07, 6.45) is 1.82. The number of hydrogen-bond acceptors (Lipinski definition) is 3. The second-order valence-electron chi connectivity index (χ2n) is 9.09. The molecule has 0 bridgehead atoms. The lowest BCUT2D eigenvalue weighted by molar-refractivity contribution is 0.415. The molecule has 2 aromatic carbocycles. The molecule has 0 saturated heterocycles. The van der Waals surface area contributed by atoms with E-state index in [2.05, 4.69) is 79.7 Å². The van der Waals surface area contributed by atoms with E-state index in [0.29, 0.717) is 11.8 Å². The molecular weight excluding hydrogens is 406 g/mol. The average molecular weight is 436 g/mol. The average Bonchev–Trinajstić information content (AvgIpc) is 3.16. The SMILES string of the molecule is COc1ccc2c3ccc(-c4c(C(C)C)cccc4C(C)C)nc3n(-c3ccccn3)c2c1. The Hall–Kier alpha value is -3.66. The fourth-order valence-electron chi connectivity index (χ4n) is 4.70. The van der Waals surface area contributed by atoms with E-state index < -0.39 is 0 Å². The summed E-state index contributed by atoms with van der Waals surface area (Å²) in [6, 6.07) is 23.1. The van der Waals surface area contributed by atoms with E-state index in [1.807, 2.05) is 30.5 Å². The first kappa shape index (κ1) is 21.2. The quantitative estimate of drug-likeness (QED) is 0.287. The van der Waals surface area contributed by atoms with Crippen LogP contribution in [-0.2, 0) is 0 Å². The molecule has 0 saturated carbocycles. The zero-order valence-electron chi connectivity index (χ0n) is 19.8. The van der Waals surface area contributed by atoms with Gasteiger partial charge in [0.2, 0.25) is 0 Å². The molecule has 5 rings (SSSR count). The summed E-state index contributed by atoms with van der Waals surface area (Å²) in [7, 11) is 1.70. The van der Waals surface area contributed by atoms with Gasteiger partial charge in [-0.1, -0.05) is 52.0 Å². The molecule has 0 spiro atoms. The van der Waals surface area contributed by atoms with Gasteiger partial charge in [0.05, 0.1) is 18.3 Å². The Morgan fingerprint density at radius 1 is 0.788 bits per heavy atom. The van der Waals surface area contributed by atoms with Gasteiger partial charge in [-0.15, -0.1) is 0 Å². The van der Waals surface area contributed by atoms with Gasteiger partial charge >= 0.3 is 0 Å². The van der Waals surface area contributed by atoms with E-state index in [1.54, 1.807) is 7.11 Å². The van der Waals surface area contributed by atoms with E-state index in [0.717, 1.165) is 39.2 Å². The summed E-state index contributed by atoms with van der Waals surface area (Å²) < 4.78 is 7.67. The summed E-state index contributed by atoms with van der Waals surface area (Å²) in [4.78, 5) is 9.94. The van der Waals surface area contributed by atoms with E-state index in [-0.39, 0.29) is 0 Å². The molecule has 0 amide bonds. The Balaban J connectivity index is 1.87. The van der Waals surface area contributed by atoms with Crippen molar-refractivity contribution in [3.05, 3.63) is 84.1 Å². The Morgan fingerprint density at radius 3 is 2.15 bits per heavy atom. The topological polar surface area (TPSA) is 39.9 Å². The molecule has 0 fully saturated rings. The first-order valence-corrected chi connectivity index (χ1v) is 11.5. The van der Waals surface area contributed by atoms with Gasteiger partial charge in [-0.25, -0.2) is 9.97 Å².